The molecular formula is C29H22BrN. The van der Waals surface area contributed by atoms with Gasteiger partial charge < -0.3 is 4.90 Å². The van der Waals surface area contributed by atoms with E-state index in [-0.39, 0.29) is 0 Å². The molecule has 1 atom stereocenters. The lowest BCUT2D eigenvalue weighted by Crippen LogP contribution is -2.19. The first-order valence-electron chi connectivity index (χ1n) is 10.8. The molecule has 150 valence electrons. The highest BCUT2D eigenvalue weighted by molar-refractivity contribution is 9.10. The summed E-state index contributed by atoms with van der Waals surface area (Å²) in [6.45, 7) is 0. The molecule has 1 aliphatic heterocycles. The number of para-hydroxylation sites is 1. The maximum absolute atomic E-state index is 3.56. The zero-order valence-electron chi connectivity index (χ0n) is 17.1. The summed E-state index contributed by atoms with van der Waals surface area (Å²) in [4.78, 5) is 2.46. The van der Waals surface area contributed by atoms with Crippen LogP contribution in [-0.4, -0.2) is 0 Å². The Hall–Kier alpha value is -3.10. The summed E-state index contributed by atoms with van der Waals surface area (Å²) in [5, 5.41) is 0. The van der Waals surface area contributed by atoms with Crippen LogP contribution in [-0.2, 0) is 6.42 Å². The minimum atomic E-state index is 0.451. The van der Waals surface area contributed by atoms with Crippen LogP contribution in [0.15, 0.2) is 119 Å². The van der Waals surface area contributed by atoms with Crippen molar-refractivity contribution in [3.63, 3.8) is 0 Å². The van der Waals surface area contributed by atoms with E-state index in [4.69, 9.17) is 0 Å². The van der Waals surface area contributed by atoms with Crippen LogP contribution in [0.25, 0.3) is 17.2 Å². The third-order valence-electron chi connectivity index (χ3n) is 6.54. The van der Waals surface area contributed by atoms with Crippen LogP contribution in [0.5, 0.6) is 0 Å². The van der Waals surface area contributed by atoms with Crippen LogP contribution in [0.4, 0.5) is 5.69 Å². The van der Waals surface area contributed by atoms with Gasteiger partial charge in [0.25, 0.3) is 0 Å². The average Bonchev–Trinajstić information content (AvgIpc) is 2.99. The number of rotatable bonds is 2. The highest BCUT2D eigenvalue weighted by Crippen LogP contribution is 2.47. The standard InChI is InChI=1S/C29H22BrN/c30-22-15-13-20(14-16-22)24-11-6-7-21-19-27-26-10-4-5-12-28(26)31(23-8-2-1-3-9-23)29(27)18-17-25(21)24/h1-9,11-18,26H,10,19H2. The summed E-state index contributed by atoms with van der Waals surface area (Å²) >= 11 is 3.56. The summed E-state index contributed by atoms with van der Waals surface area (Å²) < 4.78 is 1.11. The highest BCUT2D eigenvalue weighted by Gasteiger charge is 2.37. The number of anilines is 1. The monoisotopic (exact) mass is 463 g/mol. The Morgan fingerprint density at radius 3 is 2.52 bits per heavy atom. The van der Waals surface area contributed by atoms with Gasteiger partial charge in [-0.2, -0.15) is 0 Å². The van der Waals surface area contributed by atoms with Gasteiger partial charge in [0.1, 0.15) is 0 Å². The number of fused-ring (bicyclic) bond motifs is 3. The Morgan fingerprint density at radius 2 is 1.68 bits per heavy atom. The topological polar surface area (TPSA) is 3.24 Å². The van der Waals surface area contributed by atoms with E-state index >= 15 is 0 Å². The molecule has 0 aromatic heterocycles. The first-order valence-corrected chi connectivity index (χ1v) is 11.6. The fourth-order valence-corrected chi connectivity index (χ4v) is 5.37. The predicted octanol–water partition coefficient (Wildman–Crippen LogP) is 7.92. The van der Waals surface area contributed by atoms with Crippen molar-refractivity contribution in [1.29, 1.82) is 0 Å². The first-order chi connectivity index (χ1) is 15.3. The van der Waals surface area contributed by atoms with E-state index in [0.29, 0.717) is 5.92 Å². The third kappa shape index (κ3) is 3.14. The van der Waals surface area contributed by atoms with E-state index in [1.807, 2.05) is 0 Å². The SMILES string of the molecule is Brc1ccc(-c2cccc3c2C=CC2=C(C3)C3CC=CC=C3N2c2ccccc2)cc1. The number of hydrogen-bond acceptors (Lipinski definition) is 1. The molecule has 2 aliphatic carbocycles. The lowest BCUT2D eigenvalue weighted by Gasteiger charge is -2.26. The van der Waals surface area contributed by atoms with Gasteiger partial charge in [-0.1, -0.05) is 82.7 Å². The summed E-state index contributed by atoms with van der Waals surface area (Å²) in [7, 11) is 0. The molecule has 6 rings (SSSR count). The molecule has 0 N–H and O–H groups in total. The van der Waals surface area contributed by atoms with Crippen molar-refractivity contribution >= 4 is 27.7 Å². The molecule has 0 saturated carbocycles. The minimum Gasteiger partial charge on any atom is -0.314 e. The van der Waals surface area contributed by atoms with E-state index in [1.165, 1.54) is 44.9 Å². The van der Waals surface area contributed by atoms with Gasteiger partial charge in [0, 0.05) is 27.5 Å². The predicted molar refractivity (Wildman–Crippen MR) is 134 cm³/mol. The molecule has 0 fully saturated rings. The fourth-order valence-electron chi connectivity index (χ4n) is 5.10. The van der Waals surface area contributed by atoms with E-state index in [1.54, 1.807) is 0 Å². The van der Waals surface area contributed by atoms with Crippen molar-refractivity contribution < 1.29 is 0 Å². The number of benzene rings is 3. The molecule has 3 aromatic carbocycles. The fraction of sp³-hybridized carbons (Fsp3) is 0.103. The minimum absolute atomic E-state index is 0.451. The van der Waals surface area contributed by atoms with Gasteiger partial charge in [-0.3, -0.25) is 0 Å². The average molecular weight is 464 g/mol. The van der Waals surface area contributed by atoms with Crippen LogP contribution < -0.4 is 4.90 Å². The maximum Gasteiger partial charge on any atom is 0.0461 e. The van der Waals surface area contributed by atoms with Crippen molar-refractivity contribution in [2.24, 2.45) is 5.92 Å². The third-order valence-corrected chi connectivity index (χ3v) is 7.06. The molecule has 1 unspecified atom stereocenters. The van der Waals surface area contributed by atoms with Gasteiger partial charge in [-0.25, -0.2) is 0 Å². The van der Waals surface area contributed by atoms with Gasteiger partial charge in [0.05, 0.1) is 0 Å². The number of hydrogen-bond donors (Lipinski definition) is 0. The largest absolute Gasteiger partial charge is 0.314 e. The van der Waals surface area contributed by atoms with Crippen molar-refractivity contribution in [3.05, 3.63) is 130 Å². The summed E-state index contributed by atoms with van der Waals surface area (Å²) in [5.41, 5.74) is 10.8. The van der Waals surface area contributed by atoms with Gasteiger partial charge in [-0.05, 0) is 77.1 Å². The quantitative estimate of drug-likeness (QED) is 0.372. The summed E-state index contributed by atoms with van der Waals surface area (Å²) in [6.07, 6.45) is 13.5. The zero-order valence-corrected chi connectivity index (χ0v) is 18.7. The summed E-state index contributed by atoms with van der Waals surface area (Å²) in [6, 6.07) is 26.2. The van der Waals surface area contributed by atoms with Gasteiger partial charge in [0.15, 0.2) is 0 Å². The second-order valence-corrected chi connectivity index (χ2v) is 9.20. The van der Waals surface area contributed by atoms with Crippen LogP contribution in [0.3, 0.4) is 0 Å². The Kier molecular flexibility index (Phi) is 4.54. The number of halogens is 1. The van der Waals surface area contributed by atoms with Gasteiger partial charge in [-0.15, -0.1) is 0 Å². The molecule has 31 heavy (non-hydrogen) atoms. The molecule has 0 saturated heterocycles. The van der Waals surface area contributed by atoms with Crippen LogP contribution in [0.1, 0.15) is 17.5 Å². The summed E-state index contributed by atoms with van der Waals surface area (Å²) in [5.74, 6) is 0.451. The van der Waals surface area contributed by atoms with Crippen LogP contribution in [0, 0.1) is 5.92 Å². The Balaban J connectivity index is 1.49. The van der Waals surface area contributed by atoms with E-state index < -0.39 is 0 Å². The second kappa shape index (κ2) is 7.55. The lowest BCUT2D eigenvalue weighted by atomic mass is 9.86. The first kappa shape index (κ1) is 18.7. The highest BCUT2D eigenvalue weighted by atomic mass is 79.9. The Bertz CT molecular complexity index is 1280. The molecule has 0 spiro atoms. The molecule has 2 heteroatoms. The molecular weight excluding hydrogens is 442 g/mol. The van der Waals surface area contributed by atoms with Crippen molar-refractivity contribution in [1.82, 2.24) is 0 Å². The van der Waals surface area contributed by atoms with Crippen molar-refractivity contribution in [2.45, 2.75) is 12.8 Å². The van der Waals surface area contributed by atoms with E-state index in [0.717, 1.165) is 17.3 Å². The normalized spacial score (nSPS) is 18.9. The van der Waals surface area contributed by atoms with Crippen LogP contribution in [0.2, 0.25) is 0 Å². The molecule has 0 bridgehead atoms. The molecule has 1 nitrogen and oxygen atoms in total. The van der Waals surface area contributed by atoms with Crippen molar-refractivity contribution in [3.8, 4) is 11.1 Å². The lowest BCUT2D eigenvalue weighted by molar-refractivity contribution is 0.715. The smallest absolute Gasteiger partial charge is 0.0461 e. The van der Waals surface area contributed by atoms with Crippen molar-refractivity contribution in [2.75, 3.05) is 4.90 Å². The van der Waals surface area contributed by atoms with E-state index in [9.17, 15) is 0 Å². The Labute approximate surface area is 191 Å². The van der Waals surface area contributed by atoms with Gasteiger partial charge >= 0.3 is 0 Å². The molecule has 3 aliphatic rings. The van der Waals surface area contributed by atoms with Crippen LogP contribution >= 0.6 is 15.9 Å². The second-order valence-electron chi connectivity index (χ2n) is 8.28. The Morgan fingerprint density at radius 1 is 0.839 bits per heavy atom. The zero-order chi connectivity index (χ0) is 20.8. The van der Waals surface area contributed by atoms with E-state index in [2.05, 4.69) is 124 Å². The molecule has 0 radical (unpaired) electrons. The molecule has 3 aromatic rings. The van der Waals surface area contributed by atoms with Gasteiger partial charge in [0.2, 0.25) is 0 Å². The molecule has 0 amide bonds. The number of allylic oxidation sites excluding steroid dienone is 5. The molecule has 1 heterocycles. The number of nitrogens with zero attached hydrogens (tertiary/aromatic N) is 1. The maximum atomic E-state index is 3.56.